The van der Waals surface area contributed by atoms with E-state index in [1.807, 2.05) is 6.92 Å². The molecule has 0 atom stereocenters. The van der Waals surface area contributed by atoms with Crippen molar-refractivity contribution in [2.45, 2.75) is 24.7 Å². The zero-order valence-electron chi connectivity index (χ0n) is 9.79. The van der Waals surface area contributed by atoms with Crippen LogP contribution in [0, 0.1) is 10.1 Å². The van der Waals surface area contributed by atoms with Gasteiger partial charge in [0, 0.05) is 12.6 Å². The standard InChI is InChI=1S/C10H14N2O5S/c1-2-3-6-11-9-5-4-8(18(15,16)17)7-10(9)12(13)14/h4-5,7,11H,2-3,6H2,1H3,(H,15,16,17). The fourth-order valence-corrected chi connectivity index (χ4v) is 1.87. The zero-order valence-corrected chi connectivity index (χ0v) is 10.6. The minimum absolute atomic E-state index is 0.237. The van der Waals surface area contributed by atoms with E-state index in [-0.39, 0.29) is 11.4 Å². The van der Waals surface area contributed by atoms with Gasteiger partial charge in [0.25, 0.3) is 15.8 Å². The quantitative estimate of drug-likeness (QED) is 0.355. The Hall–Kier alpha value is -1.67. The Balaban J connectivity index is 3.09. The number of nitrogens with zero attached hydrogens (tertiary/aromatic N) is 1. The molecule has 18 heavy (non-hydrogen) atoms. The predicted molar refractivity (Wildman–Crippen MR) is 66.3 cm³/mol. The molecule has 0 aliphatic rings. The molecule has 0 aromatic heterocycles. The fraction of sp³-hybridized carbons (Fsp3) is 0.400. The summed E-state index contributed by atoms with van der Waals surface area (Å²) in [5.41, 5.74) is -0.137. The molecule has 1 aromatic rings. The van der Waals surface area contributed by atoms with E-state index in [0.29, 0.717) is 6.54 Å². The van der Waals surface area contributed by atoms with E-state index in [2.05, 4.69) is 5.32 Å². The Bertz CT molecular complexity index is 541. The Kier molecular flexibility index (Phi) is 4.62. The van der Waals surface area contributed by atoms with Crippen LogP contribution in [0.3, 0.4) is 0 Å². The van der Waals surface area contributed by atoms with Gasteiger partial charge in [0.15, 0.2) is 0 Å². The van der Waals surface area contributed by atoms with Crippen molar-refractivity contribution in [1.29, 1.82) is 0 Å². The highest BCUT2D eigenvalue weighted by molar-refractivity contribution is 7.85. The summed E-state index contributed by atoms with van der Waals surface area (Å²) in [7, 11) is -4.43. The third-order valence-corrected chi connectivity index (χ3v) is 3.16. The van der Waals surface area contributed by atoms with Crippen LogP contribution in [-0.4, -0.2) is 24.4 Å². The van der Waals surface area contributed by atoms with Gasteiger partial charge in [-0.3, -0.25) is 14.7 Å². The number of hydrogen-bond acceptors (Lipinski definition) is 5. The minimum Gasteiger partial charge on any atom is -0.379 e. The van der Waals surface area contributed by atoms with E-state index in [9.17, 15) is 18.5 Å². The third-order valence-electron chi connectivity index (χ3n) is 2.31. The Morgan fingerprint density at radius 3 is 2.61 bits per heavy atom. The van der Waals surface area contributed by atoms with Crippen LogP contribution in [0.15, 0.2) is 23.1 Å². The third kappa shape index (κ3) is 3.67. The van der Waals surface area contributed by atoms with Crippen LogP contribution in [0.25, 0.3) is 0 Å². The van der Waals surface area contributed by atoms with Crippen molar-refractivity contribution in [3.8, 4) is 0 Å². The normalized spacial score (nSPS) is 11.2. The Morgan fingerprint density at radius 1 is 1.44 bits per heavy atom. The van der Waals surface area contributed by atoms with Gasteiger partial charge in [-0.15, -0.1) is 0 Å². The molecule has 0 fully saturated rings. The van der Waals surface area contributed by atoms with Gasteiger partial charge in [0.1, 0.15) is 10.6 Å². The predicted octanol–water partition coefficient (Wildman–Crippen LogP) is 2.05. The highest BCUT2D eigenvalue weighted by Crippen LogP contribution is 2.27. The summed E-state index contributed by atoms with van der Waals surface area (Å²) < 4.78 is 30.6. The highest BCUT2D eigenvalue weighted by Gasteiger charge is 2.19. The summed E-state index contributed by atoms with van der Waals surface area (Å²) in [6.07, 6.45) is 1.78. The number of hydrogen-bond donors (Lipinski definition) is 2. The van der Waals surface area contributed by atoms with E-state index in [1.165, 1.54) is 6.07 Å². The molecule has 0 aliphatic heterocycles. The van der Waals surface area contributed by atoms with E-state index in [1.54, 1.807) is 0 Å². The molecule has 0 amide bonds. The summed E-state index contributed by atoms with van der Waals surface area (Å²) in [5.74, 6) is 0. The number of nitro benzene ring substituents is 1. The second kappa shape index (κ2) is 5.78. The van der Waals surface area contributed by atoms with Crippen molar-refractivity contribution in [3.63, 3.8) is 0 Å². The molecule has 100 valence electrons. The van der Waals surface area contributed by atoms with E-state index in [0.717, 1.165) is 25.0 Å². The topological polar surface area (TPSA) is 110 Å². The number of nitro groups is 1. The molecule has 0 spiro atoms. The van der Waals surface area contributed by atoms with E-state index < -0.39 is 19.9 Å². The van der Waals surface area contributed by atoms with Crippen LogP contribution >= 0.6 is 0 Å². The van der Waals surface area contributed by atoms with E-state index >= 15 is 0 Å². The van der Waals surface area contributed by atoms with Crippen LogP contribution in [0.2, 0.25) is 0 Å². The number of unbranched alkanes of at least 4 members (excludes halogenated alkanes) is 1. The fourth-order valence-electron chi connectivity index (χ4n) is 1.37. The lowest BCUT2D eigenvalue weighted by Crippen LogP contribution is -2.06. The lowest BCUT2D eigenvalue weighted by molar-refractivity contribution is -0.384. The van der Waals surface area contributed by atoms with Gasteiger partial charge < -0.3 is 5.32 Å². The first-order chi connectivity index (χ1) is 8.36. The molecule has 0 saturated heterocycles. The number of rotatable bonds is 6. The first-order valence-electron chi connectivity index (χ1n) is 5.36. The summed E-state index contributed by atoms with van der Waals surface area (Å²) in [5, 5.41) is 13.7. The van der Waals surface area contributed by atoms with Gasteiger partial charge in [-0.25, -0.2) is 0 Å². The summed E-state index contributed by atoms with van der Waals surface area (Å²) >= 11 is 0. The van der Waals surface area contributed by atoms with Crippen LogP contribution in [0.1, 0.15) is 19.8 Å². The molecule has 0 bridgehead atoms. The van der Waals surface area contributed by atoms with Gasteiger partial charge in [0.2, 0.25) is 0 Å². The van der Waals surface area contributed by atoms with Gasteiger partial charge in [0.05, 0.1) is 4.92 Å². The average molecular weight is 274 g/mol. The summed E-state index contributed by atoms with van der Waals surface area (Å²) in [6.45, 7) is 2.54. The van der Waals surface area contributed by atoms with Crippen molar-refractivity contribution in [3.05, 3.63) is 28.3 Å². The molecule has 0 saturated carbocycles. The van der Waals surface area contributed by atoms with Crippen molar-refractivity contribution < 1.29 is 17.9 Å². The molecule has 1 rings (SSSR count). The maximum absolute atomic E-state index is 10.9. The van der Waals surface area contributed by atoms with Crippen LogP contribution in [0.4, 0.5) is 11.4 Å². The molecule has 2 N–H and O–H groups in total. The van der Waals surface area contributed by atoms with Crippen LogP contribution < -0.4 is 5.32 Å². The summed E-state index contributed by atoms with van der Waals surface area (Å²) in [4.78, 5) is 9.64. The van der Waals surface area contributed by atoms with Gasteiger partial charge in [-0.2, -0.15) is 8.42 Å². The van der Waals surface area contributed by atoms with Crippen LogP contribution in [0.5, 0.6) is 0 Å². The van der Waals surface area contributed by atoms with Crippen molar-refractivity contribution in [2.24, 2.45) is 0 Å². The molecule has 0 unspecified atom stereocenters. The number of anilines is 1. The van der Waals surface area contributed by atoms with Crippen molar-refractivity contribution in [2.75, 3.05) is 11.9 Å². The monoisotopic (exact) mass is 274 g/mol. The largest absolute Gasteiger partial charge is 0.379 e. The van der Waals surface area contributed by atoms with Gasteiger partial charge >= 0.3 is 0 Å². The molecule has 0 radical (unpaired) electrons. The van der Waals surface area contributed by atoms with Crippen molar-refractivity contribution >= 4 is 21.5 Å². The Morgan fingerprint density at radius 2 is 2.11 bits per heavy atom. The first-order valence-corrected chi connectivity index (χ1v) is 6.80. The lowest BCUT2D eigenvalue weighted by Gasteiger charge is -2.07. The zero-order chi connectivity index (χ0) is 13.8. The highest BCUT2D eigenvalue weighted by atomic mass is 32.2. The second-order valence-corrected chi connectivity index (χ2v) is 5.11. The van der Waals surface area contributed by atoms with Crippen molar-refractivity contribution in [1.82, 2.24) is 0 Å². The molecule has 0 heterocycles. The summed E-state index contributed by atoms with van der Waals surface area (Å²) in [6, 6.07) is 3.23. The molecule has 7 nitrogen and oxygen atoms in total. The van der Waals surface area contributed by atoms with Gasteiger partial charge in [-0.1, -0.05) is 13.3 Å². The lowest BCUT2D eigenvalue weighted by atomic mass is 10.2. The first kappa shape index (κ1) is 14.4. The van der Waals surface area contributed by atoms with E-state index in [4.69, 9.17) is 4.55 Å². The Labute approximate surface area is 105 Å². The maximum Gasteiger partial charge on any atom is 0.294 e. The van der Waals surface area contributed by atoms with Gasteiger partial charge in [-0.05, 0) is 18.6 Å². The molecule has 0 aliphatic carbocycles. The molecule has 1 aromatic carbocycles. The van der Waals surface area contributed by atoms with Crippen LogP contribution in [-0.2, 0) is 10.1 Å². The molecular weight excluding hydrogens is 260 g/mol. The average Bonchev–Trinajstić information content (AvgIpc) is 2.28. The SMILES string of the molecule is CCCCNc1ccc(S(=O)(=O)O)cc1[N+](=O)[O-]. The number of benzene rings is 1. The second-order valence-electron chi connectivity index (χ2n) is 3.69. The maximum atomic E-state index is 10.9. The molecular formula is C10H14N2O5S. The minimum atomic E-state index is -4.43. The molecule has 8 heteroatoms. The smallest absolute Gasteiger partial charge is 0.294 e. The number of nitrogens with one attached hydrogen (secondary N) is 1.